The maximum atomic E-state index is 6.07. The van der Waals surface area contributed by atoms with E-state index < -0.39 is 0 Å². The van der Waals surface area contributed by atoms with E-state index >= 15 is 0 Å². The number of fused-ring (bicyclic) bond motifs is 6. The molecule has 0 saturated heterocycles. The fraction of sp³-hybridized carbons (Fsp3) is 0. The van der Waals surface area contributed by atoms with Crippen LogP contribution in [0.4, 0.5) is 17.1 Å². The topological polar surface area (TPSA) is 55.3 Å². The second kappa shape index (κ2) is 6.93. The first-order valence-electron chi connectivity index (χ1n) is 10.7. The summed E-state index contributed by atoms with van der Waals surface area (Å²) in [6, 6.07) is 28.7. The maximum absolute atomic E-state index is 6.07. The first kappa shape index (κ1) is 18.0. The molecule has 5 heteroatoms. The highest BCUT2D eigenvalue weighted by molar-refractivity contribution is 6.07. The molecule has 0 amide bonds. The highest BCUT2D eigenvalue weighted by Gasteiger charge is 2.17. The van der Waals surface area contributed by atoms with Gasteiger partial charge in [0.25, 0.3) is 0 Å². The van der Waals surface area contributed by atoms with Crippen molar-refractivity contribution < 1.29 is 8.83 Å². The van der Waals surface area contributed by atoms with Gasteiger partial charge in [-0.25, -0.2) is 4.98 Å². The van der Waals surface area contributed by atoms with Gasteiger partial charge in [-0.2, -0.15) is 0 Å². The normalized spacial score (nSPS) is 11.6. The molecule has 7 aromatic rings. The molecule has 0 bridgehead atoms. The molecule has 0 aliphatic carbocycles. The van der Waals surface area contributed by atoms with Crippen LogP contribution in [0.15, 0.2) is 112 Å². The Bertz CT molecular complexity index is 1780. The Labute approximate surface area is 188 Å². The Kier molecular flexibility index (Phi) is 3.78. The first-order valence-corrected chi connectivity index (χ1v) is 10.7. The van der Waals surface area contributed by atoms with Crippen molar-refractivity contribution in [3.8, 4) is 0 Å². The number of aromatic nitrogens is 2. The van der Waals surface area contributed by atoms with Gasteiger partial charge in [-0.1, -0.05) is 18.2 Å². The molecule has 5 nitrogen and oxygen atoms in total. The molecule has 0 fully saturated rings. The molecule has 0 aliphatic rings. The van der Waals surface area contributed by atoms with Gasteiger partial charge < -0.3 is 13.7 Å². The fourth-order valence-electron chi connectivity index (χ4n) is 4.51. The van der Waals surface area contributed by atoms with Gasteiger partial charge in [-0.3, -0.25) is 4.98 Å². The van der Waals surface area contributed by atoms with E-state index in [1.54, 1.807) is 12.4 Å². The lowest BCUT2D eigenvalue weighted by Crippen LogP contribution is -2.09. The van der Waals surface area contributed by atoms with Crippen molar-refractivity contribution in [2.24, 2.45) is 0 Å². The van der Waals surface area contributed by atoms with E-state index in [1.807, 2.05) is 48.7 Å². The molecule has 33 heavy (non-hydrogen) atoms. The minimum Gasteiger partial charge on any atom is -0.456 e. The number of hydrogen-bond acceptors (Lipinski definition) is 5. The van der Waals surface area contributed by atoms with Crippen molar-refractivity contribution in [3.63, 3.8) is 0 Å². The van der Waals surface area contributed by atoms with Gasteiger partial charge in [0, 0.05) is 63.3 Å². The number of anilines is 3. The number of hydrogen-bond donors (Lipinski definition) is 0. The van der Waals surface area contributed by atoms with Crippen LogP contribution < -0.4 is 4.90 Å². The SMILES string of the molecule is c1ccc(N(c2ccc3c(c2)oc2ncccc23)c2ccc3oc4ccncc4c3c2)cc1. The van der Waals surface area contributed by atoms with Crippen LogP contribution >= 0.6 is 0 Å². The molecule has 0 atom stereocenters. The Balaban J connectivity index is 1.46. The lowest BCUT2D eigenvalue weighted by atomic mass is 10.1. The average molecular weight is 427 g/mol. The third kappa shape index (κ3) is 2.79. The van der Waals surface area contributed by atoms with Gasteiger partial charge in [0.1, 0.15) is 16.7 Å². The molecule has 0 radical (unpaired) electrons. The van der Waals surface area contributed by atoms with Crippen LogP contribution in [0.25, 0.3) is 44.0 Å². The van der Waals surface area contributed by atoms with Crippen LogP contribution in [0.3, 0.4) is 0 Å². The number of pyridine rings is 2. The van der Waals surface area contributed by atoms with Crippen LogP contribution in [0.2, 0.25) is 0 Å². The van der Waals surface area contributed by atoms with Crippen LogP contribution in [0.1, 0.15) is 0 Å². The van der Waals surface area contributed by atoms with Gasteiger partial charge in [0.15, 0.2) is 0 Å². The zero-order valence-electron chi connectivity index (χ0n) is 17.5. The predicted molar refractivity (Wildman–Crippen MR) is 131 cm³/mol. The van der Waals surface area contributed by atoms with Crippen molar-refractivity contribution in [2.75, 3.05) is 4.90 Å². The summed E-state index contributed by atoms with van der Waals surface area (Å²) >= 11 is 0. The number of benzene rings is 3. The molecule has 7 rings (SSSR count). The maximum Gasteiger partial charge on any atom is 0.227 e. The summed E-state index contributed by atoms with van der Waals surface area (Å²) in [5, 5.41) is 4.10. The molecule has 156 valence electrons. The van der Waals surface area contributed by atoms with Crippen molar-refractivity contribution >= 4 is 61.1 Å². The van der Waals surface area contributed by atoms with Crippen molar-refractivity contribution in [2.45, 2.75) is 0 Å². The monoisotopic (exact) mass is 427 g/mol. The van der Waals surface area contributed by atoms with Crippen LogP contribution in [-0.4, -0.2) is 9.97 Å². The molecule has 4 aromatic heterocycles. The molecule has 0 saturated carbocycles. The van der Waals surface area contributed by atoms with E-state index in [0.29, 0.717) is 5.71 Å². The van der Waals surface area contributed by atoms with E-state index in [2.05, 4.69) is 57.3 Å². The zero-order chi connectivity index (χ0) is 21.8. The molecule has 0 aliphatic heterocycles. The van der Waals surface area contributed by atoms with E-state index in [0.717, 1.165) is 55.4 Å². The lowest BCUT2D eigenvalue weighted by molar-refractivity contribution is 0.654. The third-order valence-corrected chi connectivity index (χ3v) is 6.02. The molecule has 0 spiro atoms. The number of nitrogens with zero attached hydrogens (tertiary/aromatic N) is 3. The molecule has 3 aromatic carbocycles. The Morgan fingerprint density at radius 2 is 1.39 bits per heavy atom. The summed E-state index contributed by atoms with van der Waals surface area (Å²) in [5.41, 5.74) is 6.20. The van der Waals surface area contributed by atoms with Crippen molar-refractivity contribution in [1.82, 2.24) is 9.97 Å². The van der Waals surface area contributed by atoms with Gasteiger partial charge in [-0.05, 0) is 60.7 Å². The van der Waals surface area contributed by atoms with Gasteiger partial charge in [0.2, 0.25) is 5.71 Å². The number of furan rings is 2. The number of para-hydroxylation sites is 1. The minimum atomic E-state index is 0.648. The molecule has 0 N–H and O–H groups in total. The summed E-state index contributed by atoms with van der Waals surface area (Å²) < 4.78 is 12.1. The van der Waals surface area contributed by atoms with Gasteiger partial charge >= 0.3 is 0 Å². The predicted octanol–water partition coefficient (Wildman–Crippen LogP) is 7.75. The summed E-state index contributed by atoms with van der Waals surface area (Å²) in [5.74, 6) is 0. The highest BCUT2D eigenvalue weighted by atomic mass is 16.3. The summed E-state index contributed by atoms with van der Waals surface area (Å²) in [6.45, 7) is 0. The zero-order valence-corrected chi connectivity index (χ0v) is 17.5. The molecular formula is C28H17N3O2. The Morgan fingerprint density at radius 3 is 2.33 bits per heavy atom. The van der Waals surface area contributed by atoms with E-state index in [4.69, 9.17) is 8.83 Å². The Hall–Kier alpha value is -4.64. The standard InChI is InChI=1S/C28H17N3O2/c1-2-5-18(6-3-1)31(19-9-11-25-23(15-19)24-17-29-14-12-26(24)32-25)20-8-10-21-22-7-4-13-30-28(22)33-27(21)16-20/h1-17H. The van der Waals surface area contributed by atoms with Crippen LogP contribution in [0, 0.1) is 0 Å². The van der Waals surface area contributed by atoms with Crippen LogP contribution in [0.5, 0.6) is 0 Å². The smallest absolute Gasteiger partial charge is 0.227 e. The van der Waals surface area contributed by atoms with E-state index in [1.165, 1.54) is 0 Å². The van der Waals surface area contributed by atoms with E-state index in [9.17, 15) is 0 Å². The summed E-state index contributed by atoms with van der Waals surface area (Å²) in [7, 11) is 0. The van der Waals surface area contributed by atoms with Crippen molar-refractivity contribution in [1.29, 1.82) is 0 Å². The average Bonchev–Trinajstić information content (AvgIpc) is 3.42. The number of rotatable bonds is 3. The first-order chi connectivity index (χ1) is 16.3. The van der Waals surface area contributed by atoms with E-state index in [-0.39, 0.29) is 0 Å². The largest absolute Gasteiger partial charge is 0.456 e. The molecule has 4 heterocycles. The third-order valence-electron chi connectivity index (χ3n) is 6.02. The Morgan fingerprint density at radius 1 is 0.545 bits per heavy atom. The summed E-state index contributed by atoms with van der Waals surface area (Å²) in [4.78, 5) is 10.9. The van der Waals surface area contributed by atoms with Gasteiger partial charge in [0.05, 0.1) is 0 Å². The molecule has 0 unspecified atom stereocenters. The quantitative estimate of drug-likeness (QED) is 0.289. The van der Waals surface area contributed by atoms with Crippen LogP contribution in [-0.2, 0) is 0 Å². The second-order valence-electron chi connectivity index (χ2n) is 7.96. The minimum absolute atomic E-state index is 0.648. The van der Waals surface area contributed by atoms with Crippen molar-refractivity contribution in [3.05, 3.63) is 104 Å². The lowest BCUT2D eigenvalue weighted by Gasteiger charge is -2.25. The highest BCUT2D eigenvalue weighted by Crippen LogP contribution is 2.40. The summed E-state index contributed by atoms with van der Waals surface area (Å²) in [6.07, 6.45) is 5.35. The van der Waals surface area contributed by atoms with Gasteiger partial charge in [-0.15, -0.1) is 0 Å². The fourth-order valence-corrected chi connectivity index (χ4v) is 4.51. The second-order valence-corrected chi connectivity index (χ2v) is 7.96. The molecular weight excluding hydrogens is 410 g/mol.